The molecule has 120 valence electrons. The molecule has 0 heterocycles. The van der Waals surface area contributed by atoms with Gasteiger partial charge < -0.3 is 27.7 Å². The van der Waals surface area contributed by atoms with Crippen LogP contribution in [0.2, 0.25) is 0 Å². The van der Waals surface area contributed by atoms with Gasteiger partial charge in [0.1, 0.15) is 0 Å². The average Bonchev–Trinajstić information content (AvgIpc) is 2.48. The van der Waals surface area contributed by atoms with Crippen molar-refractivity contribution >= 4 is 0 Å². The molecule has 0 aromatic rings. The first-order valence-corrected chi connectivity index (χ1v) is 9.24. The van der Waals surface area contributed by atoms with E-state index in [0.29, 0.717) is 0 Å². The number of unbranched alkanes of at least 4 members (excludes halogenated alkanes) is 4. The number of hydrogen-bond acceptors (Lipinski definition) is 2. The third-order valence-corrected chi connectivity index (χ3v) is 1.41. The fourth-order valence-corrected chi connectivity index (χ4v) is 0. The molecule has 0 aromatic carbocycles. The molecule has 0 radical (unpaired) electrons. The summed E-state index contributed by atoms with van der Waals surface area (Å²) in [5.41, 5.74) is 0. The van der Waals surface area contributed by atoms with Gasteiger partial charge in [-0.15, -0.1) is 0 Å². The van der Waals surface area contributed by atoms with E-state index in [0.717, 1.165) is 25.7 Å². The molecule has 0 bridgehead atoms. The third kappa shape index (κ3) is 250. The second-order valence-electron chi connectivity index (χ2n) is 3.50. The minimum absolute atomic E-state index is 1.07. The molecule has 0 N–H and O–H groups in total. The molecule has 0 unspecified atom stereocenters. The Bertz CT molecular complexity index is 87.3. The van der Waals surface area contributed by atoms with Gasteiger partial charge in [0.15, 0.2) is 0 Å². The molecule has 3 heteroatoms. The van der Waals surface area contributed by atoms with Crippen molar-refractivity contribution in [1.29, 1.82) is 0 Å². The Hall–Kier alpha value is 0.483. The van der Waals surface area contributed by atoms with Crippen molar-refractivity contribution in [2.75, 3.05) is 0 Å². The van der Waals surface area contributed by atoms with Crippen molar-refractivity contribution in [3.63, 3.8) is 0 Å². The first-order valence-electron chi connectivity index (χ1n) is 7.24. The Kier molecular flexibility index (Phi) is 105. The molecule has 0 aliphatic carbocycles. The van der Waals surface area contributed by atoms with Crippen LogP contribution in [-0.4, -0.2) is 0 Å². The zero-order valence-corrected chi connectivity index (χ0v) is 16.3. The van der Waals surface area contributed by atoms with E-state index in [9.17, 15) is 0 Å². The van der Waals surface area contributed by atoms with E-state index in [4.69, 9.17) is 5.63 Å². The zero-order valence-electron chi connectivity index (χ0n) is 13.8. The molecule has 2 nitrogen and oxygen atoms in total. The van der Waals surface area contributed by atoms with Crippen LogP contribution in [-0.2, 0) is 28.9 Å². The van der Waals surface area contributed by atoms with Crippen molar-refractivity contribution in [1.82, 2.24) is 0 Å². The van der Waals surface area contributed by atoms with Crippen LogP contribution in [0.4, 0.5) is 0 Å². The van der Waals surface area contributed by atoms with Gasteiger partial charge in [-0.25, -0.2) is 0 Å². The number of rotatable bonds is 4. The van der Waals surface area contributed by atoms with E-state index in [1.807, 2.05) is 0 Å². The summed E-state index contributed by atoms with van der Waals surface area (Å²) in [6.07, 6.45) is 9.11. The van der Waals surface area contributed by atoms with Crippen LogP contribution < -0.4 is 0 Å². The Morgan fingerprint density at radius 2 is 0.632 bits per heavy atom. The minimum atomic E-state index is -2.27. The third-order valence-electron chi connectivity index (χ3n) is 1.41. The van der Waals surface area contributed by atoms with E-state index in [1.165, 1.54) is 25.7 Å². The van der Waals surface area contributed by atoms with E-state index in [1.54, 1.807) is 0 Å². The molecule has 0 aromatic heterocycles. The van der Waals surface area contributed by atoms with Crippen molar-refractivity contribution in [3.05, 3.63) is 27.7 Å². The molecule has 0 aliphatic heterocycles. The summed E-state index contributed by atoms with van der Waals surface area (Å²) >= 11 is -2.27. The van der Waals surface area contributed by atoms with Gasteiger partial charge in [-0.2, -0.15) is 25.7 Å². The zero-order chi connectivity index (χ0) is 16.4. The van der Waals surface area contributed by atoms with Gasteiger partial charge in [-0.3, -0.25) is 0 Å². The molecule has 0 saturated heterocycles. The van der Waals surface area contributed by atoms with Gasteiger partial charge >= 0.3 is 28.9 Å². The van der Waals surface area contributed by atoms with E-state index < -0.39 is 23.2 Å². The van der Waals surface area contributed by atoms with Gasteiger partial charge in [0.25, 0.3) is 0 Å². The van der Waals surface area contributed by atoms with Crippen LogP contribution in [0.5, 0.6) is 0 Å². The molecular weight excluding hydrogens is 315 g/mol. The van der Waals surface area contributed by atoms with Crippen LogP contribution in [0, 0.1) is 27.7 Å². The second kappa shape index (κ2) is 62.8. The van der Waals surface area contributed by atoms with Crippen LogP contribution >= 0.6 is 0 Å². The first kappa shape index (κ1) is 31.7. The number of hydrogen-bond donors (Lipinski definition) is 0. The molecule has 0 spiro atoms. The molecule has 0 aliphatic rings. The predicted molar refractivity (Wildman–Crippen MR) is 82.4 cm³/mol. The second-order valence-corrected chi connectivity index (χ2v) is 3.91. The first-order chi connectivity index (χ1) is 9.07. The maximum atomic E-state index is 8.54. The monoisotopic (exact) mass is 350 g/mol. The summed E-state index contributed by atoms with van der Waals surface area (Å²) in [7, 11) is 0. The topological polar surface area (TPSA) is 34.1 Å². The fraction of sp³-hybridized carbons (Fsp3) is 0.750. The van der Waals surface area contributed by atoms with Gasteiger partial charge in [0.2, 0.25) is 0 Å². The summed E-state index contributed by atoms with van der Waals surface area (Å²) in [4.78, 5) is 0. The van der Waals surface area contributed by atoms with Gasteiger partial charge in [0, 0.05) is 0 Å². The Morgan fingerprint density at radius 1 is 0.579 bits per heavy atom. The van der Waals surface area contributed by atoms with Crippen molar-refractivity contribution < 1.29 is 28.9 Å². The summed E-state index contributed by atoms with van der Waals surface area (Å²) in [5, 5.41) is 0. The summed E-state index contributed by atoms with van der Waals surface area (Å²) in [6.45, 7) is 22.9. The van der Waals surface area contributed by atoms with Gasteiger partial charge in [-0.1, -0.05) is 53.4 Å². The Balaban J connectivity index is -0.0000000432. The van der Waals surface area contributed by atoms with Crippen molar-refractivity contribution in [2.24, 2.45) is 0 Å². The summed E-state index contributed by atoms with van der Waals surface area (Å²) < 4.78 is 17.1. The average molecular weight is 352 g/mol. The fourth-order valence-electron chi connectivity index (χ4n) is 0. The Morgan fingerprint density at radius 3 is 0.632 bits per heavy atom. The van der Waals surface area contributed by atoms with Gasteiger partial charge in [0.05, 0.1) is 0 Å². The van der Waals surface area contributed by atoms with Gasteiger partial charge in [-0.05, 0) is 0 Å². The molecular formula is C16H36O2Zr-4. The molecule has 0 rings (SSSR count). The van der Waals surface area contributed by atoms with Crippen molar-refractivity contribution in [2.45, 2.75) is 79.1 Å². The summed E-state index contributed by atoms with van der Waals surface area (Å²) in [5.74, 6) is 0. The van der Waals surface area contributed by atoms with Crippen LogP contribution in [0.3, 0.4) is 0 Å². The van der Waals surface area contributed by atoms with E-state index in [2.05, 4.69) is 55.4 Å². The molecule has 0 fully saturated rings. The van der Waals surface area contributed by atoms with Crippen LogP contribution in [0.1, 0.15) is 79.1 Å². The van der Waals surface area contributed by atoms with Crippen LogP contribution in [0.25, 0.3) is 0 Å². The molecule has 0 amide bonds. The SMILES string of the molecule is [CH2-]CCC.[CH2-]CCC.[CH2-]CCC.[CH2-]CCC.[O]=[Zr]=[O]. The predicted octanol–water partition coefficient (Wildman–Crippen LogP) is 6.24. The molecule has 0 atom stereocenters. The normalized spacial score (nSPS) is 6.74. The quantitative estimate of drug-likeness (QED) is 0.561. The maximum absolute atomic E-state index is 8.54. The van der Waals surface area contributed by atoms with E-state index >= 15 is 0 Å². The van der Waals surface area contributed by atoms with Crippen LogP contribution in [0.15, 0.2) is 0 Å². The van der Waals surface area contributed by atoms with E-state index in [-0.39, 0.29) is 0 Å². The van der Waals surface area contributed by atoms with Crippen molar-refractivity contribution in [3.8, 4) is 0 Å². The standard InChI is InChI=1S/4C4H9.2O.Zr/c4*1-3-4-2;;;/h4*1,3-4H2,2H3;;;/q4*-1;;;. The summed E-state index contributed by atoms with van der Waals surface area (Å²) in [6, 6.07) is 0. The Labute approximate surface area is 135 Å². The molecule has 0 saturated carbocycles. The molecule has 19 heavy (non-hydrogen) atoms.